The number of carbonyl (C=O) groups excluding carboxylic acids is 1. The predicted molar refractivity (Wildman–Crippen MR) is 89.2 cm³/mol. The Balaban J connectivity index is 1.87. The maximum Gasteiger partial charge on any atom is 0.369 e. The lowest BCUT2D eigenvalue weighted by atomic mass is 9.90. The molecule has 1 aliphatic heterocycles. The van der Waals surface area contributed by atoms with Crippen molar-refractivity contribution >= 4 is 11.8 Å². The van der Waals surface area contributed by atoms with Crippen molar-refractivity contribution in [1.29, 1.82) is 5.26 Å². The third-order valence-corrected chi connectivity index (χ3v) is 4.39. The van der Waals surface area contributed by atoms with Crippen molar-refractivity contribution in [2.75, 3.05) is 0 Å². The van der Waals surface area contributed by atoms with Crippen LogP contribution in [0.2, 0.25) is 0 Å². The van der Waals surface area contributed by atoms with Crippen molar-refractivity contribution in [1.82, 2.24) is 10.2 Å². The van der Waals surface area contributed by atoms with Crippen molar-refractivity contribution in [3.63, 3.8) is 0 Å². The van der Waals surface area contributed by atoms with Crippen LogP contribution < -0.4 is 0 Å². The molecule has 2 heterocycles. The topological polar surface area (TPSA) is 133 Å². The van der Waals surface area contributed by atoms with Crippen LogP contribution in [0.25, 0.3) is 0 Å². The Labute approximate surface area is 150 Å². The van der Waals surface area contributed by atoms with E-state index in [9.17, 15) is 15.2 Å². The first-order valence-corrected chi connectivity index (χ1v) is 8.52. The van der Waals surface area contributed by atoms with E-state index >= 15 is 0 Å². The molecule has 9 heteroatoms. The van der Waals surface area contributed by atoms with Gasteiger partial charge in [-0.3, -0.25) is 5.10 Å². The highest BCUT2D eigenvalue weighted by atomic mass is 16.8. The van der Waals surface area contributed by atoms with Gasteiger partial charge in [-0.15, -0.1) is 10.2 Å². The Morgan fingerprint density at radius 2 is 1.92 bits per heavy atom. The Bertz CT molecular complexity index is 819. The van der Waals surface area contributed by atoms with Crippen LogP contribution >= 0.6 is 0 Å². The minimum Gasteiger partial charge on any atom is -0.479 e. The van der Waals surface area contributed by atoms with Gasteiger partial charge in [0.25, 0.3) is 11.5 Å². The second-order valence-electron chi connectivity index (χ2n) is 7.47. The van der Waals surface area contributed by atoms with Crippen LogP contribution in [-0.4, -0.2) is 27.1 Å². The lowest BCUT2D eigenvalue weighted by Crippen LogP contribution is -2.43. The predicted octanol–water partition coefficient (Wildman–Crippen LogP) is 3.62. The average molecular weight is 359 g/mol. The highest BCUT2D eigenvalue weighted by molar-refractivity contribution is 5.89. The quantitative estimate of drug-likeness (QED) is 0.612. The first kappa shape index (κ1) is 17.9. The Hall–Kier alpha value is -2.89. The van der Waals surface area contributed by atoms with Gasteiger partial charge in [-0.25, -0.2) is 4.79 Å². The van der Waals surface area contributed by atoms with E-state index in [4.69, 9.17) is 9.47 Å². The molecule has 1 spiro atoms. The molecule has 0 unspecified atom stereocenters. The van der Waals surface area contributed by atoms with Gasteiger partial charge in [-0.05, 0) is 12.8 Å². The summed E-state index contributed by atoms with van der Waals surface area (Å²) >= 11 is 0. The number of azo groups is 1. The zero-order valence-corrected chi connectivity index (χ0v) is 15.0. The largest absolute Gasteiger partial charge is 0.479 e. The zero-order valence-electron chi connectivity index (χ0n) is 15.0. The Kier molecular flexibility index (Phi) is 4.44. The number of nitrogens with one attached hydrogen (secondary N) is 1. The van der Waals surface area contributed by atoms with E-state index in [0.717, 1.165) is 19.3 Å². The van der Waals surface area contributed by atoms with E-state index in [2.05, 4.69) is 20.4 Å². The molecule has 3 rings (SSSR count). The van der Waals surface area contributed by atoms with Crippen molar-refractivity contribution in [3.8, 4) is 6.07 Å². The van der Waals surface area contributed by atoms with Crippen LogP contribution in [0.4, 0.5) is 5.82 Å². The molecule has 0 radical (unpaired) electrons. The van der Waals surface area contributed by atoms with Crippen LogP contribution in [0, 0.1) is 11.3 Å². The van der Waals surface area contributed by atoms with Gasteiger partial charge in [0.05, 0.1) is 5.69 Å². The third-order valence-electron chi connectivity index (χ3n) is 4.39. The Morgan fingerprint density at radius 3 is 2.50 bits per heavy atom. The molecule has 0 amide bonds. The smallest absolute Gasteiger partial charge is 0.369 e. The number of H-pyrrole nitrogens is 1. The molecule has 2 N–H and O–H groups in total. The summed E-state index contributed by atoms with van der Waals surface area (Å²) in [5.74, 6) is -2.41. The SMILES string of the molecule is CC(C)(C)c1n[nH]c(/N=N/C2=C(O)OC3(CCCCC3)OC2=O)c1C#N. The number of ether oxygens (including phenoxy) is 2. The van der Waals surface area contributed by atoms with Gasteiger partial charge in [-0.2, -0.15) is 10.4 Å². The monoisotopic (exact) mass is 359 g/mol. The van der Waals surface area contributed by atoms with Crippen LogP contribution in [0.15, 0.2) is 21.9 Å². The maximum absolute atomic E-state index is 12.3. The summed E-state index contributed by atoms with van der Waals surface area (Å²) in [6.45, 7) is 5.74. The van der Waals surface area contributed by atoms with E-state index < -0.39 is 23.4 Å². The average Bonchev–Trinajstić information content (AvgIpc) is 2.98. The lowest BCUT2D eigenvalue weighted by molar-refractivity contribution is -0.249. The number of carbonyl (C=O) groups is 1. The third kappa shape index (κ3) is 3.27. The molecule has 0 aromatic carbocycles. The van der Waals surface area contributed by atoms with E-state index in [1.165, 1.54) is 0 Å². The van der Waals surface area contributed by atoms with Crippen LogP contribution in [-0.2, 0) is 19.7 Å². The molecule has 9 nitrogen and oxygen atoms in total. The molecule has 1 saturated carbocycles. The Morgan fingerprint density at radius 1 is 1.23 bits per heavy atom. The first-order chi connectivity index (χ1) is 12.3. The van der Waals surface area contributed by atoms with Crippen LogP contribution in [0.1, 0.15) is 64.1 Å². The first-order valence-electron chi connectivity index (χ1n) is 8.52. The van der Waals surface area contributed by atoms with Gasteiger partial charge >= 0.3 is 11.9 Å². The van der Waals surface area contributed by atoms with E-state index in [1.807, 2.05) is 26.8 Å². The number of hydrogen-bond donors (Lipinski definition) is 2. The van der Waals surface area contributed by atoms with Gasteiger partial charge in [-0.1, -0.05) is 27.2 Å². The normalized spacial score (nSPS) is 20.2. The summed E-state index contributed by atoms with van der Waals surface area (Å²) in [5.41, 5.74) is -0.0280. The number of nitrogens with zero attached hydrogens (tertiary/aromatic N) is 4. The molecule has 0 bridgehead atoms. The van der Waals surface area contributed by atoms with Gasteiger partial charge in [0, 0.05) is 18.3 Å². The summed E-state index contributed by atoms with van der Waals surface area (Å²) in [7, 11) is 0. The fourth-order valence-corrected chi connectivity index (χ4v) is 3.08. The molecule has 1 aromatic rings. The number of hydrogen-bond acceptors (Lipinski definition) is 8. The number of aliphatic hydroxyl groups is 1. The summed E-state index contributed by atoms with van der Waals surface area (Å²) in [4.78, 5) is 12.3. The van der Waals surface area contributed by atoms with E-state index in [1.54, 1.807) is 0 Å². The van der Waals surface area contributed by atoms with E-state index in [-0.39, 0.29) is 16.8 Å². The molecule has 1 fully saturated rings. The summed E-state index contributed by atoms with van der Waals surface area (Å²) in [6.07, 6.45) is 3.80. The summed E-state index contributed by atoms with van der Waals surface area (Å²) in [6, 6.07) is 2.03. The van der Waals surface area contributed by atoms with Crippen LogP contribution in [0.5, 0.6) is 0 Å². The number of rotatable bonds is 2. The molecule has 0 atom stereocenters. The molecule has 1 aromatic heterocycles. The lowest BCUT2D eigenvalue weighted by Gasteiger charge is -2.38. The summed E-state index contributed by atoms with van der Waals surface area (Å²) < 4.78 is 10.8. The molecule has 138 valence electrons. The van der Waals surface area contributed by atoms with Gasteiger partial charge in [0.2, 0.25) is 0 Å². The van der Waals surface area contributed by atoms with Crippen molar-refractivity contribution < 1.29 is 19.4 Å². The number of nitriles is 1. The van der Waals surface area contributed by atoms with Crippen molar-refractivity contribution in [2.24, 2.45) is 10.2 Å². The highest BCUT2D eigenvalue weighted by Crippen LogP contribution is 2.38. The fourth-order valence-electron chi connectivity index (χ4n) is 3.08. The van der Waals surface area contributed by atoms with Crippen LogP contribution in [0.3, 0.4) is 0 Å². The summed E-state index contributed by atoms with van der Waals surface area (Å²) in [5, 5.41) is 33.8. The molecular weight excluding hydrogens is 338 g/mol. The number of aliphatic hydroxyl groups excluding tert-OH is 1. The minimum atomic E-state index is -1.11. The molecule has 0 saturated heterocycles. The maximum atomic E-state index is 12.3. The molecule has 1 aliphatic carbocycles. The molecule has 2 aliphatic rings. The van der Waals surface area contributed by atoms with Gasteiger partial charge < -0.3 is 14.6 Å². The van der Waals surface area contributed by atoms with Crippen molar-refractivity contribution in [2.45, 2.75) is 64.1 Å². The number of esters is 1. The van der Waals surface area contributed by atoms with Gasteiger partial charge in [0.1, 0.15) is 11.6 Å². The standard InChI is InChI=1S/C17H21N5O4/c1-16(2,3)12-10(9-18)13(22-20-12)21-19-11-14(23)25-17(26-15(11)24)7-5-4-6-8-17/h23H,4-8H2,1-3H3,(H,20,22)/b21-19+. The molecule has 26 heavy (non-hydrogen) atoms. The fraction of sp³-hybridized carbons (Fsp3) is 0.588. The number of aromatic nitrogens is 2. The second kappa shape index (κ2) is 6.44. The highest BCUT2D eigenvalue weighted by Gasteiger charge is 2.45. The van der Waals surface area contributed by atoms with Crippen molar-refractivity contribution in [3.05, 3.63) is 22.9 Å². The number of aromatic amines is 1. The zero-order chi connectivity index (χ0) is 18.9. The second-order valence-corrected chi connectivity index (χ2v) is 7.47. The minimum absolute atomic E-state index is 0.100. The molecular formula is C17H21N5O4. The van der Waals surface area contributed by atoms with E-state index in [0.29, 0.717) is 18.5 Å². The van der Waals surface area contributed by atoms with Gasteiger partial charge in [0.15, 0.2) is 5.82 Å².